The van der Waals surface area contributed by atoms with E-state index in [1.807, 2.05) is 0 Å². The minimum Gasteiger partial charge on any atom is -0.616 e. The monoisotopic (exact) mass is 161 g/mol. The Morgan fingerprint density at radius 2 is 2.00 bits per heavy atom. The average molecular weight is 161 g/mol. The summed E-state index contributed by atoms with van der Waals surface area (Å²) in [4.78, 5) is 12.5. The van der Waals surface area contributed by atoms with Gasteiger partial charge in [-0.1, -0.05) is 11.2 Å². The molecule has 10 heavy (non-hydrogen) atoms. The van der Waals surface area contributed by atoms with Crippen molar-refractivity contribution in [2.45, 2.75) is 6.92 Å². The van der Waals surface area contributed by atoms with Gasteiger partial charge < -0.3 is 9.45 Å². The summed E-state index contributed by atoms with van der Waals surface area (Å²) in [5.74, 6) is 1.40. The molecule has 0 spiro atoms. The molecule has 0 aromatic rings. The minimum absolute atomic E-state index is 0.0942. The molecule has 0 saturated carbocycles. The van der Waals surface area contributed by atoms with Gasteiger partial charge in [-0.25, -0.2) is 0 Å². The molecule has 1 heterocycles. The van der Waals surface area contributed by atoms with Crippen LogP contribution in [0.3, 0.4) is 0 Å². The highest BCUT2D eigenvalue weighted by atomic mass is 32.2. The predicted octanol–water partition coefficient (Wildman–Crippen LogP) is -0.403. The lowest BCUT2D eigenvalue weighted by molar-refractivity contribution is -0.128. The van der Waals surface area contributed by atoms with Crippen LogP contribution in [0.4, 0.5) is 0 Å². The lowest BCUT2D eigenvalue weighted by atomic mass is 10.5. The van der Waals surface area contributed by atoms with Crippen molar-refractivity contribution in [1.29, 1.82) is 0 Å². The molecule has 0 aromatic heterocycles. The molecule has 0 bridgehead atoms. The number of amides is 1. The summed E-state index contributed by atoms with van der Waals surface area (Å²) in [5, 5.41) is 0. The van der Waals surface area contributed by atoms with Crippen molar-refractivity contribution in [3.8, 4) is 0 Å². The molecule has 1 rings (SSSR count). The summed E-state index contributed by atoms with van der Waals surface area (Å²) in [6.45, 7) is 2.89. The number of nitrogens with zero attached hydrogens (tertiary/aromatic N) is 1. The summed E-state index contributed by atoms with van der Waals surface area (Å²) in [6.07, 6.45) is 0. The van der Waals surface area contributed by atoms with Crippen molar-refractivity contribution in [2.75, 3.05) is 24.6 Å². The van der Waals surface area contributed by atoms with Crippen LogP contribution in [-0.4, -0.2) is 40.0 Å². The molecular formula is C6H11NO2S. The normalized spacial score (nSPS) is 21.2. The van der Waals surface area contributed by atoms with Gasteiger partial charge in [-0.3, -0.25) is 4.79 Å². The summed E-state index contributed by atoms with van der Waals surface area (Å²) in [5.41, 5.74) is 0. The highest BCUT2D eigenvalue weighted by molar-refractivity contribution is 7.91. The molecule has 4 heteroatoms. The van der Waals surface area contributed by atoms with Gasteiger partial charge in [-0.05, 0) is 0 Å². The topological polar surface area (TPSA) is 43.4 Å². The van der Waals surface area contributed by atoms with Crippen LogP contribution in [0.1, 0.15) is 6.92 Å². The first-order valence-corrected chi connectivity index (χ1v) is 4.79. The Hall–Kier alpha value is -0.220. The molecule has 0 radical (unpaired) electrons. The second kappa shape index (κ2) is 3.25. The van der Waals surface area contributed by atoms with Crippen LogP contribution < -0.4 is 0 Å². The van der Waals surface area contributed by atoms with E-state index in [1.165, 1.54) is 0 Å². The van der Waals surface area contributed by atoms with Gasteiger partial charge in [-0.2, -0.15) is 0 Å². The van der Waals surface area contributed by atoms with Crippen molar-refractivity contribution in [2.24, 2.45) is 0 Å². The van der Waals surface area contributed by atoms with Gasteiger partial charge in [0, 0.05) is 6.92 Å². The van der Waals surface area contributed by atoms with Gasteiger partial charge in [0.15, 0.2) is 0 Å². The summed E-state index contributed by atoms with van der Waals surface area (Å²) in [6, 6.07) is 0. The van der Waals surface area contributed by atoms with E-state index < -0.39 is 11.2 Å². The number of carbonyl (C=O) groups is 1. The number of carbonyl (C=O) groups excluding carboxylic acids is 1. The zero-order valence-electron chi connectivity index (χ0n) is 6.00. The van der Waals surface area contributed by atoms with Gasteiger partial charge in [0.05, 0.1) is 13.1 Å². The maximum absolute atomic E-state index is 10.8. The SMILES string of the molecule is CC(=O)N1CC[S+]([O-])CC1. The molecule has 3 nitrogen and oxygen atoms in total. The van der Waals surface area contributed by atoms with E-state index in [4.69, 9.17) is 0 Å². The molecule has 1 saturated heterocycles. The van der Waals surface area contributed by atoms with Crippen LogP contribution >= 0.6 is 0 Å². The highest BCUT2D eigenvalue weighted by Crippen LogP contribution is 2.02. The molecule has 1 aliphatic rings. The summed E-state index contributed by atoms with van der Waals surface area (Å²) < 4.78 is 10.8. The molecule has 0 unspecified atom stereocenters. The highest BCUT2D eigenvalue weighted by Gasteiger charge is 2.20. The van der Waals surface area contributed by atoms with Gasteiger partial charge in [0.25, 0.3) is 0 Å². The third-order valence-corrected chi connectivity index (χ3v) is 2.90. The van der Waals surface area contributed by atoms with Crippen molar-refractivity contribution in [3.05, 3.63) is 0 Å². The lowest BCUT2D eigenvalue weighted by Gasteiger charge is -2.26. The molecule has 0 aliphatic carbocycles. The van der Waals surface area contributed by atoms with E-state index in [1.54, 1.807) is 11.8 Å². The fourth-order valence-corrected chi connectivity index (χ4v) is 2.00. The molecular weight excluding hydrogens is 150 g/mol. The number of rotatable bonds is 0. The van der Waals surface area contributed by atoms with Gasteiger partial charge in [-0.15, -0.1) is 0 Å². The van der Waals surface area contributed by atoms with Crippen LogP contribution in [0.15, 0.2) is 0 Å². The van der Waals surface area contributed by atoms with Crippen molar-refractivity contribution in [1.82, 2.24) is 4.90 Å². The third-order valence-electron chi connectivity index (χ3n) is 1.62. The Labute approximate surface area is 63.6 Å². The second-order valence-electron chi connectivity index (χ2n) is 2.35. The van der Waals surface area contributed by atoms with E-state index >= 15 is 0 Å². The zero-order chi connectivity index (χ0) is 7.56. The zero-order valence-corrected chi connectivity index (χ0v) is 6.82. The standard InChI is InChI=1S/C6H11NO2S/c1-6(8)7-2-4-10(9)5-3-7/h2-5H2,1H3. The molecule has 0 atom stereocenters. The molecule has 1 aliphatic heterocycles. The first-order valence-electron chi connectivity index (χ1n) is 3.30. The van der Waals surface area contributed by atoms with Crippen LogP contribution in [0.5, 0.6) is 0 Å². The van der Waals surface area contributed by atoms with Crippen LogP contribution in [-0.2, 0) is 16.0 Å². The summed E-state index contributed by atoms with van der Waals surface area (Å²) in [7, 11) is 0. The fourth-order valence-electron chi connectivity index (χ4n) is 0.953. The predicted molar refractivity (Wildman–Crippen MR) is 40.1 cm³/mol. The molecule has 0 aromatic carbocycles. The Kier molecular flexibility index (Phi) is 2.56. The number of hydrogen-bond donors (Lipinski definition) is 0. The largest absolute Gasteiger partial charge is 0.616 e. The number of hydrogen-bond acceptors (Lipinski definition) is 2. The Balaban J connectivity index is 2.33. The minimum atomic E-state index is -0.671. The van der Waals surface area contributed by atoms with E-state index in [0.29, 0.717) is 24.6 Å². The van der Waals surface area contributed by atoms with Crippen LogP contribution in [0.2, 0.25) is 0 Å². The fraction of sp³-hybridized carbons (Fsp3) is 0.833. The van der Waals surface area contributed by atoms with Crippen LogP contribution in [0.25, 0.3) is 0 Å². The Morgan fingerprint density at radius 3 is 2.40 bits per heavy atom. The van der Waals surface area contributed by atoms with E-state index in [-0.39, 0.29) is 5.91 Å². The van der Waals surface area contributed by atoms with E-state index in [2.05, 4.69) is 0 Å². The summed E-state index contributed by atoms with van der Waals surface area (Å²) >= 11 is -0.671. The quantitative estimate of drug-likeness (QED) is 0.454. The first-order chi connectivity index (χ1) is 4.70. The van der Waals surface area contributed by atoms with Gasteiger partial charge in [0.2, 0.25) is 5.91 Å². The van der Waals surface area contributed by atoms with Gasteiger partial charge in [0.1, 0.15) is 11.5 Å². The van der Waals surface area contributed by atoms with Crippen molar-refractivity contribution < 1.29 is 9.35 Å². The van der Waals surface area contributed by atoms with Crippen molar-refractivity contribution in [3.63, 3.8) is 0 Å². The third kappa shape index (κ3) is 1.88. The van der Waals surface area contributed by atoms with Gasteiger partial charge >= 0.3 is 0 Å². The molecule has 58 valence electrons. The van der Waals surface area contributed by atoms with E-state index in [9.17, 15) is 9.35 Å². The molecule has 1 fully saturated rings. The van der Waals surface area contributed by atoms with E-state index in [0.717, 1.165) is 0 Å². The average Bonchev–Trinajstić information content (AvgIpc) is 1.88. The van der Waals surface area contributed by atoms with Crippen molar-refractivity contribution >= 4 is 17.1 Å². The second-order valence-corrected chi connectivity index (χ2v) is 4.05. The molecule has 1 amide bonds. The maximum Gasteiger partial charge on any atom is 0.219 e. The Bertz CT molecular complexity index is 132. The molecule has 0 N–H and O–H groups in total. The maximum atomic E-state index is 10.8. The first kappa shape index (κ1) is 7.88. The smallest absolute Gasteiger partial charge is 0.219 e. The van der Waals surface area contributed by atoms with Crippen LogP contribution in [0, 0.1) is 0 Å². The lowest BCUT2D eigenvalue weighted by Crippen LogP contribution is -2.42. The Morgan fingerprint density at radius 1 is 1.50 bits per heavy atom.